The highest BCUT2D eigenvalue weighted by Crippen LogP contribution is 2.29. The van der Waals surface area contributed by atoms with Gasteiger partial charge in [-0.05, 0) is 35.9 Å². The van der Waals surface area contributed by atoms with Gasteiger partial charge in [-0.25, -0.2) is 0 Å². The molecule has 3 aromatic rings. The highest BCUT2D eigenvalue weighted by Gasteiger charge is 2.10. The van der Waals surface area contributed by atoms with Gasteiger partial charge in [-0.1, -0.05) is 29.8 Å². The van der Waals surface area contributed by atoms with E-state index in [1.807, 2.05) is 36.4 Å². The first kappa shape index (κ1) is 14.6. The van der Waals surface area contributed by atoms with Crippen LogP contribution in [0.1, 0.15) is 5.56 Å². The topological polar surface area (TPSA) is 58.1 Å². The van der Waals surface area contributed by atoms with E-state index in [4.69, 9.17) is 16.3 Å². The van der Waals surface area contributed by atoms with Crippen molar-refractivity contribution in [2.45, 2.75) is 6.61 Å². The first-order valence-corrected chi connectivity index (χ1v) is 7.18. The predicted molar refractivity (Wildman–Crippen MR) is 86.9 cm³/mol. The molecule has 22 heavy (non-hydrogen) atoms. The number of aromatic amines is 1. The van der Waals surface area contributed by atoms with Gasteiger partial charge in [-0.3, -0.25) is 5.10 Å². The summed E-state index contributed by atoms with van der Waals surface area (Å²) in [7, 11) is 1.64. The molecule has 1 heterocycles. The highest BCUT2D eigenvalue weighted by molar-refractivity contribution is 6.30. The molecular formula is C17H15ClN2O2. The molecular weight excluding hydrogens is 300 g/mol. The number of halogens is 1. The van der Waals surface area contributed by atoms with Crippen LogP contribution in [0.3, 0.4) is 0 Å². The molecule has 0 aliphatic rings. The zero-order chi connectivity index (χ0) is 15.5. The fraction of sp³-hybridized carbons (Fsp3) is 0.118. The smallest absolute Gasteiger partial charge is 0.119 e. The minimum atomic E-state index is -0.0800. The summed E-state index contributed by atoms with van der Waals surface area (Å²) in [6.45, 7) is -0.0800. The van der Waals surface area contributed by atoms with Gasteiger partial charge in [-0.15, -0.1) is 0 Å². The van der Waals surface area contributed by atoms with Gasteiger partial charge in [0.25, 0.3) is 0 Å². The lowest BCUT2D eigenvalue weighted by Gasteiger charge is -2.05. The second-order valence-electron chi connectivity index (χ2n) is 4.86. The van der Waals surface area contributed by atoms with Crippen molar-refractivity contribution in [3.8, 4) is 28.3 Å². The van der Waals surface area contributed by atoms with Crippen molar-refractivity contribution in [1.82, 2.24) is 10.2 Å². The number of aliphatic hydroxyl groups excluding tert-OH is 1. The molecule has 0 bridgehead atoms. The van der Waals surface area contributed by atoms with Crippen LogP contribution in [0.5, 0.6) is 5.75 Å². The summed E-state index contributed by atoms with van der Waals surface area (Å²) < 4.78 is 5.23. The fourth-order valence-corrected chi connectivity index (χ4v) is 2.54. The zero-order valence-corrected chi connectivity index (χ0v) is 12.8. The minimum Gasteiger partial charge on any atom is -0.497 e. The fourth-order valence-electron chi connectivity index (χ4n) is 2.35. The van der Waals surface area contributed by atoms with Crippen LogP contribution in [-0.4, -0.2) is 22.4 Å². The second-order valence-corrected chi connectivity index (χ2v) is 5.29. The Kier molecular flexibility index (Phi) is 4.13. The number of aromatic nitrogens is 2. The standard InChI is InChI=1S/C17H15ClN2O2/c1-22-14-4-2-3-11(8-14)16-9-17(20-19-16)15-6-5-13(18)7-12(15)10-21/h2-9,21H,10H2,1H3,(H,19,20). The van der Waals surface area contributed by atoms with Crippen LogP contribution >= 0.6 is 11.6 Å². The quantitative estimate of drug-likeness (QED) is 0.768. The Morgan fingerprint density at radius 3 is 2.82 bits per heavy atom. The van der Waals surface area contributed by atoms with Gasteiger partial charge in [0.1, 0.15) is 5.75 Å². The van der Waals surface area contributed by atoms with Crippen molar-refractivity contribution < 1.29 is 9.84 Å². The van der Waals surface area contributed by atoms with Gasteiger partial charge < -0.3 is 9.84 Å². The number of rotatable bonds is 4. The number of nitrogens with zero attached hydrogens (tertiary/aromatic N) is 1. The maximum atomic E-state index is 9.49. The molecule has 0 radical (unpaired) electrons. The van der Waals surface area contributed by atoms with Crippen molar-refractivity contribution >= 4 is 11.6 Å². The Hall–Kier alpha value is -2.30. The normalized spacial score (nSPS) is 10.7. The largest absolute Gasteiger partial charge is 0.497 e. The van der Waals surface area contributed by atoms with Crippen molar-refractivity contribution in [2.24, 2.45) is 0 Å². The number of hydrogen-bond acceptors (Lipinski definition) is 3. The summed E-state index contributed by atoms with van der Waals surface area (Å²) in [6, 6.07) is 15.1. The van der Waals surface area contributed by atoms with Crippen LogP contribution in [0.15, 0.2) is 48.5 Å². The van der Waals surface area contributed by atoms with Crippen molar-refractivity contribution in [3.05, 3.63) is 59.1 Å². The van der Waals surface area contributed by atoms with Gasteiger partial charge in [0.05, 0.1) is 25.1 Å². The Bertz CT molecular complexity index is 799. The van der Waals surface area contributed by atoms with E-state index in [1.54, 1.807) is 19.2 Å². The Morgan fingerprint density at radius 2 is 2.05 bits per heavy atom. The van der Waals surface area contributed by atoms with E-state index in [9.17, 15) is 5.11 Å². The lowest BCUT2D eigenvalue weighted by molar-refractivity contribution is 0.282. The first-order valence-electron chi connectivity index (χ1n) is 6.81. The van der Waals surface area contributed by atoms with E-state index in [-0.39, 0.29) is 6.61 Å². The van der Waals surface area contributed by atoms with Crippen LogP contribution in [-0.2, 0) is 6.61 Å². The monoisotopic (exact) mass is 314 g/mol. The molecule has 0 saturated carbocycles. The predicted octanol–water partition coefficient (Wildman–Crippen LogP) is 3.90. The lowest BCUT2D eigenvalue weighted by atomic mass is 10.0. The molecule has 2 N–H and O–H groups in total. The zero-order valence-electron chi connectivity index (χ0n) is 12.0. The number of ether oxygens (including phenoxy) is 1. The Labute approximate surface area is 133 Å². The van der Waals surface area contributed by atoms with Crippen molar-refractivity contribution in [1.29, 1.82) is 0 Å². The molecule has 0 atom stereocenters. The van der Waals surface area contributed by atoms with E-state index >= 15 is 0 Å². The van der Waals surface area contributed by atoms with E-state index in [2.05, 4.69) is 10.2 Å². The molecule has 0 fully saturated rings. The SMILES string of the molecule is COc1cccc(-c2cc(-c3ccc(Cl)cc3CO)[nH]n2)c1. The van der Waals surface area contributed by atoms with E-state index in [1.165, 1.54) is 0 Å². The molecule has 0 amide bonds. The van der Waals surface area contributed by atoms with Gasteiger partial charge >= 0.3 is 0 Å². The third-order valence-electron chi connectivity index (χ3n) is 3.47. The number of nitrogens with one attached hydrogen (secondary N) is 1. The molecule has 0 spiro atoms. The maximum Gasteiger partial charge on any atom is 0.119 e. The summed E-state index contributed by atoms with van der Waals surface area (Å²) in [4.78, 5) is 0. The lowest BCUT2D eigenvalue weighted by Crippen LogP contribution is -1.89. The average Bonchev–Trinajstić information content (AvgIpc) is 3.04. The summed E-state index contributed by atoms with van der Waals surface area (Å²) in [5, 5.41) is 17.4. The first-order chi connectivity index (χ1) is 10.7. The van der Waals surface area contributed by atoms with Crippen LogP contribution < -0.4 is 4.74 Å². The van der Waals surface area contributed by atoms with Crippen LogP contribution in [0.25, 0.3) is 22.5 Å². The van der Waals surface area contributed by atoms with Gasteiger partial charge in [-0.2, -0.15) is 5.10 Å². The molecule has 0 saturated heterocycles. The van der Waals surface area contributed by atoms with Gasteiger partial charge in [0, 0.05) is 16.1 Å². The summed E-state index contributed by atoms with van der Waals surface area (Å²) in [5.74, 6) is 0.782. The number of H-pyrrole nitrogens is 1. The van der Waals surface area contributed by atoms with E-state index < -0.39 is 0 Å². The van der Waals surface area contributed by atoms with Crippen LogP contribution in [0.4, 0.5) is 0 Å². The van der Waals surface area contributed by atoms with Gasteiger partial charge in [0.15, 0.2) is 0 Å². The molecule has 3 rings (SSSR count). The molecule has 112 valence electrons. The van der Waals surface area contributed by atoms with Crippen molar-refractivity contribution in [3.63, 3.8) is 0 Å². The summed E-state index contributed by atoms with van der Waals surface area (Å²) in [6.07, 6.45) is 0. The number of methoxy groups -OCH3 is 1. The minimum absolute atomic E-state index is 0.0800. The van der Waals surface area contributed by atoms with Crippen LogP contribution in [0.2, 0.25) is 5.02 Å². The third kappa shape index (κ3) is 2.84. The molecule has 5 heteroatoms. The van der Waals surface area contributed by atoms with Crippen LogP contribution in [0, 0.1) is 0 Å². The molecule has 2 aromatic carbocycles. The Balaban J connectivity index is 2.00. The molecule has 0 aliphatic carbocycles. The summed E-state index contributed by atoms with van der Waals surface area (Å²) in [5.41, 5.74) is 4.24. The molecule has 4 nitrogen and oxygen atoms in total. The second kappa shape index (κ2) is 6.22. The maximum absolute atomic E-state index is 9.49. The number of hydrogen-bond donors (Lipinski definition) is 2. The van der Waals surface area contributed by atoms with Gasteiger partial charge in [0.2, 0.25) is 0 Å². The van der Waals surface area contributed by atoms with Crippen molar-refractivity contribution in [2.75, 3.05) is 7.11 Å². The van der Waals surface area contributed by atoms with E-state index in [0.29, 0.717) is 5.02 Å². The Morgan fingerprint density at radius 1 is 1.18 bits per heavy atom. The highest BCUT2D eigenvalue weighted by atomic mass is 35.5. The number of benzene rings is 2. The molecule has 0 aliphatic heterocycles. The third-order valence-corrected chi connectivity index (χ3v) is 3.71. The number of aliphatic hydroxyl groups is 1. The average molecular weight is 315 g/mol. The van der Waals surface area contributed by atoms with E-state index in [0.717, 1.165) is 33.8 Å². The molecule has 0 unspecified atom stereocenters. The molecule has 1 aromatic heterocycles. The summed E-state index contributed by atoms with van der Waals surface area (Å²) >= 11 is 5.97.